The summed E-state index contributed by atoms with van der Waals surface area (Å²) >= 11 is 0. The number of hydrogen-bond donors (Lipinski definition) is 3. The molecule has 11 heteroatoms. The molecule has 0 unspecified atom stereocenters. The molecule has 11 nitrogen and oxygen atoms in total. The van der Waals surface area contributed by atoms with Gasteiger partial charge in [-0.2, -0.15) is 20.5 Å². The third-order valence-electron chi connectivity index (χ3n) is 6.12. The van der Waals surface area contributed by atoms with Crippen molar-refractivity contribution in [1.29, 1.82) is 0 Å². The summed E-state index contributed by atoms with van der Waals surface area (Å²) in [5, 5.41) is 21.0. The van der Waals surface area contributed by atoms with E-state index in [9.17, 15) is 4.79 Å². The van der Waals surface area contributed by atoms with Crippen molar-refractivity contribution >= 4 is 24.2 Å². The molecule has 1 aromatic carbocycles. The average molecular weight is 459 g/mol. The standard InChI is InChI=1S/C23H26N10O/c1-14(12-25-23(24-2)26-17-9-15-5-3-4-6-16(15)10-17)22-27-20(30-31-22)11-21(34)33-8-7-18-19(13-33)29-32-28-18/h3-6,12,17H,2,7-11,13H2,1H3,(H,25,26)(H,27,30,31)(H,28,29,32)/b14-12+. The van der Waals surface area contributed by atoms with Gasteiger partial charge in [-0.1, -0.05) is 24.3 Å². The number of aliphatic imine (C=N–C) groups is 2. The van der Waals surface area contributed by atoms with Gasteiger partial charge < -0.3 is 10.2 Å². The number of nitrogens with one attached hydrogen (secondary N) is 3. The third-order valence-corrected chi connectivity index (χ3v) is 6.12. The highest BCUT2D eigenvalue weighted by Gasteiger charge is 2.24. The number of amides is 1. The molecule has 1 amide bonds. The van der Waals surface area contributed by atoms with Crippen LogP contribution < -0.4 is 5.32 Å². The molecular weight excluding hydrogens is 432 g/mol. The maximum Gasteiger partial charge on any atom is 0.230 e. The zero-order valence-electron chi connectivity index (χ0n) is 19.0. The summed E-state index contributed by atoms with van der Waals surface area (Å²) in [5.74, 6) is 1.45. The van der Waals surface area contributed by atoms with Crippen molar-refractivity contribution in [2.75, 3.05) is 6.54 Å². The number of carbonyl (C=O) groups excluding carboxylic acids is 1. The lowest BCUT2D eigenvalue weighted by atomic mass is 10.1. The molecule has 174 valence electrons. The van der Waals surface area contributed by atoms with Crippen molar-refractivity contribution in [3.8, 4) is 0 Å². The number of aromatic nitrogens is 6. The Morgan fingerprint density at radius 1 is 1.24 bits per heavy atom. The Morgan fingerprint density at radius 2 is 2.00 bits per heavy atom. The highest BCUT2D eigenvalue weighted by atomic mass is 16.2. The van der Waals surface area contributed by atoms with Crippen LogP contribution in [0.5, 0.6) is 0 Å². The summed E-state index contributed by atoms with van der Waals surface area (Å²) in [7, 11) is 0. The minimum atomic E-state index is -0.0288. The normalized spacial score (nSPS) is 16.3. The molecule has 5 rings (SSSR count). The molecule has 3 N–H and O–H groups in total. The smallest absolute Gasteiger partial charge is 0.230 e. The Kier molecular flexibility index (Phi) is 5.98. The van der Waals surface area contributed by atoms with Gasteiger partial charge in [-0.3, -0.25) is 9.89 Å². The maximum atomic E-state index is 12.7. The average Bonchev–Trinajstić information content (AvgIpc) is 3.60. The van der Waals surface area contributed by atoms with Gasteiger partial charge in [0.1, 0.15) is 11.5 Å². The van der Waals surface area contributed by atoms with Crippen LogP contribution in [-0.2, 0) is 37.0 Å². The maximum absolute atomic E-state index is 12.7. The van der Waals surface area contributed by atoms with Crippen LogP contribution in [0.15, 0.2) is 40.5 Å². The Morgan fingerprint density at radius 3 is 2.76 bits per heavy atom. The first-order valence-corrected chi connectivity index (χ1v) is 11.2. The van der Waals surface area contributed by atoms with Crippen molar-refractivity contribution in [2.45, 2.75) is 45.2 Å². The van der Waals surface area contributed by atoms with Crippen molar-refractivity contribution < 1.29 is 4.79 Å². The highest BCUT2D eigenvalue weighted by molar-refractivity contribution is 5.86. The lowest BCUT2D eigenvalue weighted by Gasteiger charge is -2.24. The summed E-state index contributed by atoms with van der Waals surface area (Å²) in [5.41, 5.74) is 5.19. The van der Waals surface area contributed by atoms with Gasteiger partial charge in [-0.25, -0.2) is 15.0 Å². The van der Waals surface area contributed by atoms with Gasteiger partial charge in [0, 0.05) is 24.7 Å². The van der Waals surface area contributed by atoms with Crippen LogP contribution in [0.25, 0.3) is 5.57 Å². The quantitative estimate of drug-likeness (QED) is 0.388. The number of rotatable bonds is 5. The van der Waals surface area contributed by atoms with E-state index < -0.39 is 0 Å². The first-order chi connectivity index (χ1) is 16.6. The van der Waals surface area contributed by atoms with Crippen LogP contribution in [0.3, 0.4) is 0 Å². The lowest BCUT2D eigenvalue weighted by Crippen LogP contribution is -2.37. The molecule has 0 radical (unpaired) electrons. The number of guanidine groups is 1. The van der Waals surface area contributed by atoms with Gasteiger partial charge in [-0.15, -0.1) is 0 Å². The van der Waals surface area contributed by atoms with E-state index in [-0.39, 0.29) is 18.4 Å². The molecular formula is C23H26N10O. The van der Waals surface area contributed by atoms with E-state index in [1.54, 1.807) is 11.1 Å². The fraction of sp³-hybridized carbons (Fsp3) is 0.348. The van der Waals surface area contributed by atoms with Crippen molar-refractivity contribution in [3.63, 3.8) is 0 Å². The van der Waals surface area contributed by atoms with E-state index in [0.717, 1.165) is 29.8 Å². The first kappa shape index (κ1) is 21.7. The van der Waals surface area contributed by atoms with Crippen LogP contribution >= 0.6 is 0 Å². The number of nitrogens with zero attached hydrogens (tertiary/aromatic N) is 7. The molecule has 2 aromatic heterocycles. The van der Waals surface area contributed by atoms with Crippen LogP contribution in [0, 0.1) is 0 Å². The van der Waals surface area contributed by atoms with E-state index in [2.05, 4.69) is 71.9 Å². The molecule has 1 aliphatic carbocycles. The van der Waals surface area contributed by atoms with Crippen LogP contribution in [0.1, 0.15) is 41.1 Å². The van der Waals surface area contributed by atoms with Gasteiger partial charge in [-0.05, 0) is 37.6 Å². The second kappa shape index (κ2) is 9.38. The second-order valence-corrected chi connectivity index (χ2v) is 8.48. The van der Waals surface area contributed by atoms with Crippen LogP contribution in [-0.4, -0.2) is 66.7 Å². The molecule has 0 saturated carbocycles. The number of allylic oxidation sites excluding steroid dienone is 1. The number of benzene rings is 1. The molecule has 34 heavy (non-hydrogen) atoms. The van der Waals surface area contributed by atoms with E-state index in [0.29, 0.717) is 37.1 Å². The molecule has 2 aliphatic rings. The molecule has 0 fully saturated rings. The lowest BCUT2D eigenvalue weighted by molar-refractivity contribution is -0.131. The van der Waals surface area contributed by atoms with Crippen LogP contribution in [0.4, 0.5) is 0 Å². The summed E-state index contributed by atoms with van der Waals surface area (Å²) in [6.07, 6.45) is 4.38. The van der Waals surface area contributed by atoms with E-state index in [1.807, 2.05) is 6.92 Å². The Labute approximate surface area is 196 Å². The zero-order valence-corrected chi connectivity index (χ0v) is 19.0. The van der Waals surface area contributed by atoms with Gasteiger partial charge in [0.2, 0.25) is 11.9 Å². The summed E-state index contributed by atoms with van der Waals surface area (Å²) in [6, 6.07) is 8.54. The number of fused-ring (bicyclic) bond motifs is 2. The zero-order chi connectivity index (χ0) is 23.5. The molecule has 3 heterocycles. The number of carbonyl (C=O) groups is 1. The number of hydrogen-bond acceptors (Lipinski definition) is 6. The van der Waals surface area contributed by atoms with Crippen molar-refractivity contribution in [3.05, 3.63) is 64.6 Å². The molecule has 0 saturated heterocycles. The summed E-state index contributed by atoms with van der Waals surface area (Å²) < 4.78 is 0. The first-order valence-electron chi connectivity index (χ1n) is 11.2. The number of H-pyrrole nitrogens is 2. The molecule has 1 aliphatic heterocycles. The third kappa shape index (κ3) is 4.63. The van der Waals surface area contributed by atoms with Gasteiger partial charge in [0.05, 0.1) is 24.7 Å². The van der Waals surface area contributed by atoms with Gasteiger partial charge in [0.25, 0.3) is 0 Å². The fourth-order valence-corrected chi connectivity index (χ4v) is 4.28. The van der Waals surface area contributed by atoms with Gasteiger partial charge in [0.15, 0.2) is 5.82 Å². The predicted molar refractivity (Wildman–Crippen MR) is 127 cm³/mol. The van der Waals surface area contributed by atoms with Crippen molar-refractivity contribution in [1.82, 2.24) is 40.8 Å². The topological polar surface area (TPSA) is 140 Å². The van der Waals surface area contributed by atoms with Gasteiger partial charge >= 0.3 is 0 Å². The summed E-state index contributed by atoms with van der Waals surface area (Å²) in [4.78, 5) is 27.7. The monoisotopic (exact) mass is 458 g/mol. The minimum absolute atomic E-state index is 0.0288. The molecule has 0 bridgehead atoms. The summed E-state index contributed by atoms with van der Waals surface area (Å²) in [6.45, 7) is 6.58. The van der Waals surface area contributed by atoms with E-state index in [1.165, 1.54) is 11.1 Å². The Balaban J connectivity index is 1.18. The van der Waals surface area contributed by atoms with Crippen LogP contribution in [0.2, 0.25) is 0 Å². The molecule has 3 aromatic rings. The fourth-order valence-electron chi connectivity index (χ4n) is 4.28. The SMILES string of the molecule is C=NC(=NC1Cc2ccccc2C1)N/C=C(\C)c1n[nH]c(CC(=O)N2CCc3n[nH]nc3C2)n1. The largest absolute Gasteiger partial charge is 0.336 e. The van der Waals surface area contributed by atoms with Crippen molar-refractivity contribution in [2.24, 2.45) is 9.98 Å². The minimum Gasteiger partial charge on any atom is -0.336 e. The van der Waals surface area contributed by atoms with E-state index >= 15 is 0 Å². The number of aromatic amines is 2. The Bertz CT molecular complexity index is 1250. The molecule has 0 atom stereocenters. The van der Waals surface area contributed by atoms with E-state index in [4.69, 9.17) is 4.99 Å². The Hall–Kier alpha value is -4.15. The molecule has 0 spiro atoms. The predicted octanol–water partition coefficient (Wildman–Crippen LogP) is 1.22. The highest BCUT2D eigenvalue weighted by Crippen LogP contribution is 2.24. The second-order valence-electron chi connectivity index (χ2n) is 8.48.